The third-order valence-electron chi connectivity index (χ3n) is 7.44. The molecule has 0 amide bonds. The van der Waals surface area contributed by atoms with Crippen molar-refractivity contribution in [1.82, 2.24) is 14.9 Å². The Labute approximate surface area is 225 Å². The summed E-state index contributed by atoms with van der Waals surface area (Å²) in [6.07, 6.45) is 1.85. The first-order valence-electron chi connectivity index (χ1n) is 13.0. The first-order valence-corrected chi connectivity index (χ1v) is 13.4. The Kier molecular flexibility index (Phi) is 7.02. The van der Waals surface area contributed by atoms with Gasteiger partial charge in [-0.2, -0.15) is 0 Å². The van der Waals surface area contributed by atoms with Gasteiger partial charge >= 0.3 is 0 Å². The van der Waals surface area contributed by atoms with E-state index in [0.717, 1.165) is 29.6 Å². The Hall–Kier alpha value is -3.64. The van der Waals surface area contributed by atoms with Gasteiger partial charge in [0.25, 0.3) is 0 Å². The van der Waals surface area contributed by atoms with E-state index in [1.165, 1.54) is 33.9 Å². The van der Waals surface area contributed by atoms with Crippen LogP contribution in [0.3, 0.4) is 0 Å². The van der Waals surface area contributed by atoms with Crippen LogP contribution in [0, 0.1) is 20.8 Å². The summed E-state index contributed by atoms with van der Waals surface area (Å²) < 4.78 is 2.35. The molecule has 5 rings (SSSR count). The average molecular weight is 510 g/mol. The Balaban J connectivity index is 1.61. The lowest BCUT2D eigenvalue weighted by Crippen LogP contribution is -2.29. The Morgan fingerprint density at radius 1 is 0.892 bits per heavy atom. The van der Waals surface area contributed by atoms with Gasteiger partial charge in [-0.1, -0.05) is 23.8 Å². The molecule has 0 spiro atoms. The van der Waals surface area contributed by atoms with Crippen LogP contribution in [0.4, 0.5) is 11.4 Å². The highest BCUT2D eigenvalue weighted by atomic mass is 32.1. The van der Waals surface area contributed by atoms with E-state index < -0.39 is 0 Å². The van der Waals surface area contributed by atoms with Gasteiger partial charge in [-0.15, -0.1) is 0 Å². The van der Waals surface area contributed by atoms with E-state index in [0.29, 0.717) is 0 Å². The van der Waals surface area contributed by atoms with Crippen molar-refractivity contribution >= 4 is 28.7 Å². The predicted octanol–water partition coefficient (Wildman–Crippen LogP) is 6.82. The number of anilines is 2. The minimum Gasteiger partial charge on any atom is -0.372 e. The number of nitrogens with one attached hydrogen (secondary N) is 1. The Morgan fingerprint density at radius 3 is 2.19 bits per heavy atom. The van der Waals surface area contributed by atoms with Crippen molar-refractivity contribution in [1.29, 1.82) is 0 Å². The van der Waals surface area contributed by atoms with Crippen molar-refractivity contribution in [3.05, 3.63) is 107 Å². The number of rotatable bonds is 7. The molecule has 37 heavy (non-hydrogen) atoms. The van der Waals surface area contributed by atoms with E-state index in [-0.39, 0.29) is 12.1 Å². The van der Waals surface area contributed by atoms with E-state index in [1.54, 1.807) is 0 Å². The van der Waals surface area contributed by atoms with Gasteiger partial charge in [0.05, 0.1) is 17.8 Å². The normalized spacial score (nSPS) is 17.2. The molecule has 0 radical (unpaired) electrons. The SMILES string of the molecule is CCN(CC)c1ccc(-n2c(C)cc([C@H]3[C@@H](c4ccccn4)NC(=S)N3c3ccc(C)cc3)c2C)cc1. The number of benzene rings is 2. The summed E-state index contributed by atoms with van der Waals surface area (Å²) in [5, 5.41) is 4.31. The van der Waals surface area contributed by atoms with Crippen LogP contribution in [0.15, 0.2) is 79.0 Å². The molecule has 2 aromatic carbocycles. The maximum Gasteiger partial charge on any atom is 0.174 e. The Morgan fingerprint density at radius 2 is 1.57 bits per heavy atom. The second-order valence-corrected chi connectivity index (χ2v) is 10.1. The largest absolute Gasteiger partial charge is 0.372 e. The lowest BCUT2D eigenvalue weighted by Gasteiger charge is -2.28. The quantitative estimate of drug-likeness (QED) is 0.277. The molecule has 1 saturated heterocycles. The molecular formula is C31H35N5S. The Bertz CT molecular complexity index is 1370. The molecule has 1 aliphatic rings. The lowest BCUT2D eigenvalue weighted by atomic mass is 9.96. The lowest BCUT2D eigenvalue weighted by molar-refractivity contribution is 0.565. The van der Waals surface area contributed by atoms with Crippen LogP contribution in [-0.2, 0) is 0 Å². The number of hydrogen-bond acceptors (Lipinski definition) is 3. The van der Waals surface area contributed by atoms with Crippen molar-refractivity contribution in [3.8, 4) is 5.69 Å². The maximum absolute atomic E-state index is 5.92. The molecule has 0 aliphatic carbocycles. The van der Waals surface area contributed by atoms with E-state index in [9.17, 15) is 0 Å². The first kappa shape index (κ1) is 25.0. The highest BCUT2D eigenvalue weighted by Gasteiger charge is 2.42. The summed E-state index contributed by atoms with van der Waals surface area (Å²) in [6.45, 7) is 12.9. The van der Waals surface area contributed by atoms with Gasteiger partial charge in [0.15, 0.2) is 5.11 Å². The molecule has 1 aliphatic heterocycles. The van der Waals surface area contributed by atoms with E-state index in [2.05, 4.69) is 115 Å². The standard InChI is InChI=1S/C31H35N5S/c1-6-34(7-2)24-15-17-25(18-16-24)35-22(4)20-27(23(35)5)30-29(28-10-8-9-19-32-28)33-31(37)36(30)26-13-11-21(3)12-14-26/h8-20,29-30H,6-7H2,1-5H3,(H,33,37)/t29-,30+/m1/s1. The van der Waals surface area contributed by atoms with E-state index in [1.807, 2.05) is 18.3 Å². The van der Waals surface area contributed by atoms with Crippen LogP contribution in [0.25, 0.3) is 5.69 Å². The van der Waals surface area contributed by atoms with Gasteiger partial charge in [-0.3, -0.25) is 4.98 Å². The molecule has 6 heteroatoms. The minimum atomic E-state index is -0.0611. The zero-order chi connectivity index (χ0) is 26.1. The fourth-order valence-electron chi connectivity index (χ4n) is 5.54. The van der Waals surface area contributed by atoms with Crippen molar-refractivity contribution in [3.63, 3.8) is 0 Å². The van der Waals surface area contributed by atoms with Crippen molar-refractivity contribution < 1.29 is 0 Å². The minimum absolute atomic E-state index is 0.0278. The average Bonchev–Trinajstić information content (AvgIpc) is 3.41. The molecule has 4 aromatic rings. The molecule has 1 fully saturated rings. The first-order chi connectivity index (χ1) is 17.9. The smallest absolute Gasteiger partial charge is 0.174 e. The molecule has 1 N–H and O–H groups in total. The molecule has 5 nitrogen and oxygen atoms in total. The predicted molar refractivity (Wildman–Crippen MR) is 158 cm³/mol. The number of nitrogens with zero attached hydrogens (tertiary/aromatic N) is 4. The number of aryl methyl sites for hydroxylation is 2. The van der Waals surface area contributed by atoms with Crippen LogP contribution in [0.5, 0.6) is 0 Å². The fourth-order valence-corrected chi connectivity index (χ4v) is 5.89. The molecule has 190 valence electrons. The van der Waals surface area contributed by atoms with Gasteiger partial charge in [-0.05, 0) is 107 Å². The van der Waals surface area contributed by atoms with Crippen LogP contribution < -0.4 is 15.1 Å². The maximum atomic E-state index is 5.92. The summed E-state index contributed by atoms with van der Waals surface area (Å²) in [7, 11) is 0. The third-order valence-corrected chi connectivity index (χ3v) is 7.75. The van der Waals surface area contributed by atoms with Crippen molar-refractivity contribution in [2.24, 2.45) is 0 Å². The summed E-state index contributed by atoms with van der Waals surface area (Å²) in [4.78, 5) is 9.33. The molecule has 0 bridgehead atoms. The van der Waals surface area contributed by atoms with Gasteiger partial charge in [-0.25, -0.2) is 0 Å². The summed E-state index contributed by atoms with van der Waals surface area (Å²) >= 11 is 5.92. The molecule has 3 heterocycles. The van der Waals surface area contributed by atoms with Crippen LogP contribution in [0.1, 0.15) is 54.1 Å². The second-order valence-electron chi connectivity index (χ2n) is 9.68. The number of hydrogen-bond donors (Lipinski definition) is 1. The van der Waals surface area contributed by atoms with Crippen LogP contribution in [-0.4, -0.2) is 27.8 Å². The van der Waals surface area contributed by atoms with Gasteiger partial charge < -0.3 is 19.7 Å². The zero-order valence-corrected chi connectivity index (χ0v) is 23.1. The van der Waals surface area contributed by atoms with Crippen LogP contribution in [0.2, 0.25) is 0 Å². The highest BCUT2D eigenvalue weighted by Crippen LogP contribution is 2.43. The monoisotopic (exact) mass is 509 g/mol. The zero-order valence-electron chi connectivity index (χ0n) is 22.3. The summed E-state index contributed by atoms with van der Waals surface area (Å²) in [6, 6.07) is 25.8. The van der Waals surface area contributed by atoms with Gasteiger partial charge in [0.2, 0.25) is 0 Å². The fraction of sp³-hybridized carbons (Fsp3) is 0.290. The van der Waals surface area contributed by atoms with E-state index >= 15 is 0 Å². The number of aromatic nitrogens is 2. The topological polar surface area (TPSA) is 36.3 Å². The molecule has 2 atom stereocenters. The second kappa shape index (κ2) is 10.4. The summed E-state index contributed by atoms with van der Waals surface area (Å²) in [5.74, 6) is 0. The molecule has 0 saturated carbocycles. The van der Waals surface area contributed by atoms with E-state index in [4.69, 9.17) is 17.2 Å². The summed E-state index contributed by atoms with van der Waals surface area (Å²) in [5.41, 5.74) is 9.37. The molecule has 0 unspecified atom stereocenters. The van der Waals surface area contributed by atoms with Crippen molar-refractivity contribution in [2.75, 3.05) is 22.9 Å². The highest BCUT2D eigenvalue weighted by molar-refractivity contribution is 7.80. The molecular weight excluding hydrogens is 474 g/mol. The van der Waals surface area contributed by atoms with Gasteiger partial charge in [0, 0.05) is 47.7 Å². The number of thiocarbonyl (C=S) groups is 1. The number of pyridine rings is 1. The van der Waals surface area contributed by atoms with Gasteiger partial charge in [0.1, 0.15) is 0 Å². The van der Waals surface area contributed by atoms with Crippen molar-refractivity contribution in [2.45, 2.75) is 46.7 Å². The van der Waals surface area contributed by atoms with Crippen LogP contribution >= 0.6 is 12.2 Å². The third kappa shape index (κ3) is 4.62. The molecule has 2 aromatic heterocycles.